The molecule has 0 bridgehead atoms. The lowest BCUT2D eigenvalue weighted by Crippen LogP contribution is -2.23. The minimum atomic E-state index is -0.235. The van der Waals surface area contributed by atoms with Crippen LogP contribution in [0.2, 0.25) is 0 Å². The maximum atomic E-state index is 11.9. The Morgan fingerprint density at radius 3 is 2.67 bits per heavy atom. The van der Waals surface area contributed by atoms with E-state index in [0.29, 0.717) is 6.61 Å². The van der Waals surface area contributed by atoms with Gasteiger partial charge in [0.25, 0.3) is 0 Å². The third kappa shape index (κ3) is 4.68. The fourth-order valence-corrected chi connectivity index (χ4v) is 2.74. The summed E-state index contributed by atoms with van der Waals surface area (Å²) in [7, 11) is 1.94. The van der Waals surface area contributed by atoms with E-state index in [4.69, 9.17) is 9.72 Å². The minimum absolute atomic E-state index is 0.122. The van der Waals surface area contributed by atoms with Crippen LogP contribution in [0.5, 0.6) is 0 Å². The molecule has 0 aliphatic carbocycles. The highest BCUT2D eigenvalue weighted by Gasteiger charge is 2.19. The number of aromatic nitrogens is 2. The van der Waals surface area contributed by atoms with Crippen LogP contribution < -0.4 is 5.32 Å². The van der Waals surface area contributed by atoms with Gasteiger partial charge in [0, 0.05) is 11.8 Å². The van der Waals surface area contributed by atoms with Crippen LogP contribution in [-0.4, -0.2) is 29.2 Å². The van der Waals surface area contributed by atoms with Gasteiger partial charge in [0.15, 0.2) is 0 Å². The molecule has 0 aliphatic heterocycles. The second-order valence-corrected chi connectivity index (χ2v) is 5.77. The molecule has 2 rings (SSSR count). The van der Waals surface area contributed by atoms with E-state index in [2.05, 4.69) is 12.2 Å². The monoisotopic (exact) mass is 329 g/mol. The van der Waals surface area contributed by atoms with Gasteiger partial charge in [0.2, 0.25) is 0 Å². The Morgan fingerprint density at radius 2 is 2.04 bits per heavy atom. The van der Waals surface area contributed by atoms with Crippen molar-refractivity contribution >= 4 is 5.97 Å². The molecule has 5 nitrogen and oxygen atoms in total. The lowest BCUT2D eigenvalue weighted by atomic mass is 10.1. The number of carbonyl (C=O) groups is 1. The molecular weight excluding hydrogens is 302 g/mol. The van der Waals surface area contributed by atoms with Crippen LogP contribution >= 0.6 is 0 Å². The molecule has 2 aromatic rings. The second-order valence-electron chi connectivity index (χ2n) is 5.77. The summed E-state index contributed by atoms with van der Waals surface area (Å²) in [4.78, 5) is 16.8. The van der Waals surface area contributed by atoms with Gasteiger partial charge in [-0.3, -0.25) is 4.79 Å². The zero-order valence-corrected chi connectivity index (χ0v) is 14.8. The van der Waals surface area contributed by atoms with Gasteiger partial charge in [-0.05, 0) is 20.4 Å². The Balaban J connectivity index is 2.34. The van der Waals surface area contributed by atoms with Gasteiger partial charge in [-0.1, -0.05) is 50.1 Å². The first-order valence-corrected chi connectivity index (χ1v) is 8.64. The quantitative estimate of drug-likeness (QED) is 0.715. The van der Waals surface area contributed by atoms with Crippen molar-refractivity contribution in [1.29, 1.82) is 0 Å². The van der Waals surface area contributed by atoms with Gasteiger partial charge in [-0.15, -0.1) is 0 Å². The Kier molecular flexibility index (Phi) is 7.00. The number of imidazole rings is 1. The number of esters is 1. The van der Waals surface area contributed by atoms with E-state index in [1.165, 1.54) is 0 Å². The SMILES string of the molecule is CCCCC(NC)c1nc(-c2ccccc2)cn1CC(=O)OCC. The molecule has 0 spiro atoms. The summed E-state index contributed by atoms with van der Waals surface area (Å²) in [6.07, 6.45) is 5.17. The summed E-state index contributed by atoms with van der Waals surface area (Å²) in [6.45, 7) is 4.57. The van der Waals surface area contributed by atoms with Crippen molar-refractivity contribution in [2.45, 2.75) is 45.7 Å². The first-order valence-electron chi connectivity index (χ1n) is 8.64. The van der Waals surface area contributed by atoms with Crippen molar-refractivity contribution in [2.75, 3.05) is 13.7 Å². The molecule has 1 atom stereocenters. The summed E-state index contributed by atoms with van der Waals surface area (Å²) in [5.41, 5.74) is 1.93. The van der Waals surface area contributed by atoms with Gasteiger partial charge in [-0.2, -0.15) is 0 Å². The van der Waals surface area contributed by atoms with Gasteiger partial charge in [-0.25, -0.2) is 4.98 Å². The van der Waals surface area contributed by atoms with E-state index in [-0.39, 0.29) is 18.6 Å². The van der Waals surface area contributed by atoms with Gasteiger partial charge in [0.1, 0.15) is 12.4 Å². The van der Waals surface area contributed by atoms with Crippen molar-refractivity contribution in [1.82, 2.24) is 14.9 Å². The average molecular weight is 329 g/mol. The van der Waals surface area contributed by atoms with Crippen molar-refractivity contribution in [3.05, 3.63) is 42.4 Å². The third-order valence-electron chi connectivity index (χ3n) is 3.99. The molecule has 0 radical (unpaired) electrons. The second kappa shape index (κ2) is 9.23. The van der Waals surface area contributed by atoms with E-state index in [0.717, 1.165) is 36.3 Å². The number of unbranched alkanes of at least 4 members (excludes halogenated alkanes) is 1. The fourth-order valence-electron chi connectivity index (χ4n) is 2.74. The highest BCUT2D eigenvalue weighted by atomic mass is 16.5. The lowest BCUT2D eigenvalue weighted by Gasteiger charge is -2.17. The molecule has 1 N–H and O–H groups in total. The fraction of sp³-hybridized carbons (Fsp3) is 0.474. The Bertz CT molecular complexity index is 637. The molecule has 1 aromatic heterocycles. The standard InChI is InChI=1S/C19H27N3O2/c1-4-6-12-16(20-3)19-21-17(15-10-8-7-9-11-15)13-22(19)14-18(23)24-5-2/h7-11,13,16,20H,4-6,12,14H2,1-3H3. The number of hydrogen-bond acceptors (Lipinski definition) is 4. The smallest absolute Gasteiger partial charge is 0.325 e. The molecule has 0 amide bonds. The third-order valence-corrected chi connectivity index (χ3v) is 3.99. The first kappa shape index (κ1) is 18.2. The van der Waals surface area contributed by atoms with Crippen LogP contribution in [0.3, 0.4) is 0 Å². The predicted octanol–water partition coefficient (Wildman–Crippen LogP) is 3.56. The van der Waals surface area contributed by atoms with Crippen molar-refractivity contribution < 1.29 is 9.53 Å². The number of carbonyl (C=O) groups excluding carboxylic acids is 1. The van der Waals surface area contributed by atoms with Crippen molar-refractivity contribution in [3.63, 3.8) is 0 Å². The summed E-state index contributed by atoms with van der Waals surface area (Å²) < 4.78 is 7.02. The predicted molar refractivity (Wildman–Crippen MR) is 95.6 cm³/mol. The maximum Gasteiger partial charge on any atom is 0.325 e. The molecule has 24 heavy (non-hydrogen) atoms. The van der Waals surface area contributed by atoms with E-state index in [9.17, 15) is 4.79 Å². The lowest BCUT2D eigenvalue weighted by molar-refractivity contribution is -0.143. The van der Waals surface area contributed by atoms with Crippen LogP contribution in [0.25, 0.3) is 11.3 Å². The molecule has 0 fully saturated rings. The molecule has 130 valence electrons. The molecule has 0 aliphatic rings. The largest absolute Gasteiger partial charge is 0.465 e. The van der Waals surface area contributed by atoms with Crippen LogP contribution in [0, 0.1) is 0 Å². The van der Waals surface area contributed by atoms with Crippen LogP contribution in [0.4, 0.5) is 0 Å². The number of benzene rings is 1. The van der Waals surface area contributed by atoms with Crippen LogP contribution in [0.15, 0.2) is 36.5 Å². The Labute approximate surface area is 144 Å². The molecule has 1 unspecified atom stereocenters. The molecule has 1 heterocycles. The van der Waals surface area contributed by atoms with E-state index in [1.807, 2.05) is 55.1 Å². The number of rotatable bonds is 9. The summed E-state index contributed by atoms with van der Waals surface area (Å²) in [6, 6.07) is 10.1. The molecule has 5 heteroatoms. The number of nitrogens with one attached hydrogen (secondary N) is 1. The highest BCUT2D eigenvalue weighted by molar-refractivity contribution is 5.69. The van der Waals surface area contributed by atoms with Gasteiger partial charge in [0.05, 0.1) is 18.3 Å². The number of hydrogen-bond donors (Lipinski definition) is 1. The van der Waals surface area contributed by atoms with E-state index >= 15 is 0 Å². The average Bonchev–Trinajstić information content (AvgIpc) is 3.00. The Morgan fingerprint density at radius 1 is 1.29 bits per heavy atom. The topological polar surface area (TPSA) is 56.2 Å². The van der Waals surface area contributed by atoms with Gasteiger partial charge >= 0.3 is 5.97 Å². The summed E-state index contributed by atoms with van der Waals surface area (Å²) in [5.74, 6) is 0.652. The molecular formula is C19H27N3O2. The van der Waals surface area contributed by atoms with Gasteiger partial charge < -0.3 is 14.6 Å². The summed E-state index contributed by atoms with van der Waals surface area (Å²) >= 11 is 0. The van der Waals surface area contributed by atoms with Crippen molar-refractivity contribution in [2.24, 2.45) is 0 Å². The number of ether oxygens (including phenoxy) is 1. The summed E-state index contributed by atoms with van der Waals surface area (Å²) in [5, 5.41) is 3.33. The maximum absolute atomic E-state index is 11.9. The van der Waals surface area contributed by atoms with Crippen LogP contribution in [0.1, 0.15) is 45.0 Å². The normalized spacial score (nSPS) is 12.1. The molecule has 1 aromatic carbocycles. The Hall–Kier alpha value is -2.14. The van der Waals surface area contributed by atoms with E-state index in [1.54, 1.807) is 0 Å². The first-order chi connectivity index (χ1) is 11.7. The minimum Gasteiger partial charge on any atom is -0.465 e. The van der Waals surface area contributed by atoms with Crippen LogP contribution in [-0.2, 0) is 16.1 Å². The van der Waals surface area contributed by atoms with E-state index < -0.39 is 0 Å². The van der Waals surface area contributed by atoms with Crippen molar-refractivity contribution in [3.8, 4) is 11.3 Å². The zero-order valence-electron chi connectivity index (χ0n) is 14.8. The zero-order chi connectivity index (χ0) is 17.4. The molecule has 0 saturated carbocycles. The highest BCUT2D eigenvalue weighted by Crippen LogP contribution is 2.24. The molecule has 0 saturated heterocycles. The number of nitrogens with zero attached hydrogens (tertiary/aromatic N) is 2.